The Morgan fingerprint density at radius 1 is 1.17 bits per heavy atom. The Hall–Kier alpha value is -1.54. The van der Waals surface area contributed by atoms with Crippen LogP contribution < -0.4 is 4.74 Å². The van der Waals surface area contributed by atoms with E-state index in [4.69, 9.17) is 16.3 Å². The maximum absolute atomic E-state index is 6.00. The highest BCUT2D eigenvalue weighted by molar-refractivity contribution is 6.30. The number of ether oxygens (including phenoxy) is 1. The fourth-order valence-corrected chi connectivity index (χ4v) is 1.95. The largest absolute Gasteiger partial charge is 0.488 e. The molecule has 0 aliphatic heterocycles. The number of benzene rings is 1. The average molecular weight is 262 g/mol. The van der Waals surface area contributed by atoms with E-state index >= 15 is 0 Å². The van der Waals surface area contributed by atoms with Crippen molar-refractivity contribution in [3.63, 3.8) is 0 Å². The van der Waals surface area contributed by atoms with E-state index in [1.807, 2.05) is 30.3 Å². The number of hydrogen-bond acceptors (Lipinski definition) is 2. The summed E-state index contributed by atoms with van der Waals surface area (Å²) in [5.74, 6) is 1.35. The molecule has 0 aliphatic carbocycles. The van der Waals surface area contributed by atoms with Gasteiger partial charge in [0, 0.05) is 11.8 Å². The zero-order chi connectivity index (χ0) is 13.0. The third-order valence-corrected chi connectivity index (χ3v) is 3.10. The average Bonchev–Trinajstić information content (AvgIpc) is 2.38. The quantitative estimate of drug-likeness (QED) is 0.759. The van der Waals surface area contributed by atoms with Crippen molar-refractivity contribution in [3.05, 3.63) is 58.9 Å². The number of rotatable bonds is 4. The molecule has 2 nitrogen and oxygen atoms in total. The van der Waals surface area contributed by atoms with Gasteiger partial charge < -0.3 is 4.74 Å². The molecule has 0 spiro atoms. The highest BCUT2D eigenvalue weighted by Crippen LogP contribution is 2.27. The molecule has 0 N–H and O–H groups in total. The number of halogens is 1. The molecule has 2 aromatic rings. The topological polar surface area (TPSA) is 22.1 Å². The van der Waals surface area contributed by atoms with Crippen LogP contribution in [-0.4, -0.2) is 4.98 Å². The second-order valence-electron chi connectivity index (χ2n) is 4.43. The van der Waals surface area contributed by atoms with Gasteiger partial charge in [-0.15, -0.1) is 0 Å². The van der Waals surface area contributed by atoms with Crippen LogP contribution in [0.5, 0.6) is 5.75 Å². The van der Waals surface area contributed by atoms with E-state index in [2.05, 4.69) is 24.9 Å². The lowest BCUT2D eigenvalue weighted by atomic mass is 10.0. The third-order valence-electron chi connectivity index (χ3n) is 2.76. The molecule has 2 rings (SSSR count). The summed E-state index contributed by atoms with van der Waals surface area (Å²) in [5, 5.41) is 0.500. The zero-order valence-electron chi connectivity index (χ0n) is 10.6. The fraction of sp³-hybridized carbons (Fsp3) is 0.267. The molecule has 1 heterocycles. The highest BCUT2D eigenvalue weighted by Gasteiger charge is 2.08. The van der Waals surface area contributed by atoms with Crippen molar-refractivity contribution in [2.75, 3.05) is 0 Å². The molecular weight excluding hydrogens is 246 g/mol. The molecule has 0 bridgehead atoms. The first-order valence-corrected chi connectivity index (χ1v) is 6.37. The number of aromatic nitrogens is 1. The Morgan fingerprint density at radius 3 is 2.67 bits per heavy atom. The number of hydrogen-bond donors (Lipinski definition) is 0. The van der Waals surface area contributed by atoms with Crippen molar-refractivity contribution >= 4 is 11.6 Å². The van der Waals surface area contributed by atoms with E-state index in [9.17, 15) is 0 Å². The lowest BCUT2D eigenvalue weighted by Gasteiger charge is -2.14. The van der Waals surface area contributed by atoms with Gasteiger partial charge in [0.1, 0.15) is 17.5 Å². The molecule has 0 aliphatic rings. The van der Waals surface area contributed by atoms with Gasteiger partial charge in [0.2, 0.25) is 0 Å². The molecule has 0 saturated carbocycles. The minimum Gasteiger partial charge on any atom is -0.488 e. The molecule has 0 saturated heterocycles. The van der Waals surface area contributed by atoms with Gasteiger partial charge in [-0.05, 0) is 23.6 Å². The summed E-state index contributed by atoms with van der Waals surface area (Å²) in [6.45, 7) is 4.74. The maximum atomic E-state index is 6.00. The van der Waals surface area contributed by atoms with Crippen LogP contribution in [0.25, 0.3) is 0 Å². The van der Waals surface area contributed by atoms with Gasteiger partial charge in [0.05, 0.1) is 0 Å². The van der Waals surface area contributed by atoms with Gasteiger partial charge in [0.15, 0.2) is 0 Å². The van der Waals surface area contributed by atoms with Crippen LogP contribution in [0.15, 0.2) is 42.6 Å². The monoisotopic (exact) mass is 261 g/mol. The van der Waals surface area contributed by atoms with Gasteiger partial charge in [-0.2, -0.15) is 0 Å². The predicted molar refractivity (Wildman–Crippen MR) is 74.1 cm³/mol. The Morgan fingerprint density at radius 2 is 1.94 bits per heavy atom. The SMILES string of the molecule is CC(C)c1ccccc1OCc1cccnc1Cl. The molecule has 0 radical (unpaired) electrons. The van der Waals surface area contributed by atoms with E-state index in [1.54, 1.807) is 6.20 Å². The van der Waals surface area contributed by atoms with Crippen LogP contribution in [0.3, 0.4) is 0 Å². The number of para-hydroxylation sites is 1. The van der Waals surface area contributed by atoms with E-state index in [1.165, 1.54) is 5.56 Å². The molecular formula is C15H16ClNO. The summed E-state index contributed by atoms with van der Waals surface area (Å²) in [6, 6.07) is 11.9. The molecule has 0 fully saturated rings. The normalized spacial score (nSPS) is 10.7. The van der Waals surface area contributed by atoms with Crippen molar-refractivity contribution in [1.29, 1.82) is 0 Å². The van der Waals surface area contributed by atoms with E-state index in [-0.39, 0.29) is 0 Å². The van der Waals surface area contributed by atoms with Crippen molar-refractivity contribution in [2.24, 2.45) is 0 Å². The van der Waals surface area contributed by atoms with E-state index < -0.39 is 0 Å². The third kappa shape index (κ3) is 3.02. The molecule has 1 aromatic heterocycles. The van der Waals surface area contributed by atoms with Crippen molar-refractivity contribution < 1.29 is 4.74 Å². The van der Waals surface area contributed by atoms with Gasteiger partial charge >= 0.3 is 0 Å². The molecule has 3 heteroatoms. The Balaban J connectivity index is 2.14. The Labute approximate surface area is 113 Å². The maximum Gasteiger partial charge on any atom is 0.135 e. The minimum atomic E-state index is 0.436. The highest BCUT2D eigenvalue weighted by atomic mass is 35.5. The number of nitrogens with zero attached hydrogens (tertiary/aromatic N) is 1. The summed E-state index contributed by atoms with van der Waals surface area (Å²) in [5.41, 5.74) is 2.11. The van der Waals surface area contributed by atoms with Gasteiger partial charge in [-0.1, -0.05) is 49.7 Å². The molecule has 0 atom stereocenters. The first kappa shape index (κ1) is 12.9. The Kier molecular flexibility index (Phi) is 4.21. The zero-order valence-corrected chi connectivity index (χ0v) is 11.3. The van der Waals surface area contributed by atoms with E-state index in [0.29, 0.717) is 17.7 Å². The standard InChI is InChI=1S/C15H16ClNO/c1-11(2)13-7-3-4-8-14(13)18-10-12-6-5-9-17-15(12)16/h3-9,11H,10H2,1-2H3. The Bertz CT molecular complexity index is 525. The summed E-state index contributed by atoms with van der Waals surface area (Å²) in [6.07, 6.45) is 1.67. The van der Waals surface area contributed by atoms with Crippen LogP contribution in [0, 0.1) is 0 Å². The van der Waals surface area contributed by atoms with E-state index in [0.717, 1.165) is 11.3 Å². The van der Waals surface area contributed by atoms with Crippen LogP contribution >= 0.6 is 11.6 Å². The van der Waals surface area contributed by atoms with Crippen LogP contribution in [-0.2, 0) is 6.61 Å². The molecule has 0 amide bonds. The molecule has 0 unspecified atom stereocenters. The minimum absolute atomic E-state index is 0.436. The lowest BCUT2D eigenvalue weighted by molar-refractivity contribution is 0.301. The summed E-state index contributed by atoms with van der Waals surface area (Å²) < 4.78 is 5.84. The molecule has 1 aromatic carbocycles. The second-order valence-corrected chi connectivity index (χ2v) is 4.79. The molecule has 18 heavy (non-hydrogen) atoms. The summed E-state index contributed by atoms with van der Waals surface area (Å²) in [7, 11) is 0. The molecule has 94 valence electrons. The van der Waals surface area contributed by atoms with Gasteiger partial charge in [0.25, 0.3) is 0 Å². The second kappa shape index (κ2) is 5.87. The summed E-state index contributed by atoms with van der Waals surface area (Å²) in [4.78, 5) is 4.03. The van der Waals surface area contributed by atoms with Crippen LogP contribution in [0.4, 0.5) is 0 Å². The first-order valence-electron chi connectivity index (χ1n) is 5.99. The fourth-order valence-electron chi connectivity index (χ4n) is 1.77. The van der Waals surface area contributed by atoms with Crippen molar-refractivity contribution in [3.8, 4) is 5.75 Å². The van der Waals surface area contributed by atoms with Crippen LogP contribution in [0.2, 0.25) is 5.15 Å². The lowest BCUT2D eigenvalue weighted by Crippen LogP contribution is -2.00. The van der Waals surface area contributed by atoms with Gasteiger partial charge in [-0.3, -0.25) is 0 Å². The predicted octanol–water partition coefficient (Wildman–Crippen LogP) is 4.44. The van der Waals surface area contributed by atoms with Crippen LogP contribution in [0.1, 0.15) is 30.9 Å². The number of pyridine rings is 1. The van der Waals surface area contributed by atoms with Gasteiger partial charge in [-0.25, -0.2) is 4.98 Å². The summed E-state index contributed by atoms with van der Waals surface area (Å²) >= 11 is 6.00. The van der Waals surface area contributed by atoms with Crippen molar-refractivity contribution in [1.82, 2.24) is 4.98 Å². The smallest absolute Gasteiger partial charge is 0.135 e. The first-order chi connectivity index (χ1) is 8.68. The van der Waals surface area contributed by atoms with Crippen molar-refractivity contribution in [2.45, 2.75) is 26.4 Å².